The summed E-state index contributed by atoms with van der Waals surface area (Å²) in [7, 11) is 0. The number of nitrogens with zero attached hydrogens (tertiary/aromatic N) is 3. The normalized spacial score (nSPS) is 22.7. The molecule has 0 amide bonds. The number of pyridine rings is 1. The third kappa shape index (κ3) is 2.71. The van der Waals surface area contributed by atoms with Gasteiger partial charge in [0.1, 0.15) is 11.6 Å². The maximum absolute atomic E-state index is 13.5. The van der Waals surface area contributed by atoms with Crippen LogP contribution in [-0.2, 0) is 4.74 Å². The number of piperazine rings is 1. The molecule has 2 aromatic rings. The molecule has 0 N–H and O–H groups in total. The number of anilines is 1. The van der Waals surface area contributed by atoms with E-state index in [1.54, 1.807) is 12.3 Å². The molecule has 2 aliphatic heterocycles. The van der Waals surface area contributed by atoms with E-state index >= 15 is 0 Å². The van der Waals surface area contributed by atoms with E-state index in [1.807, 2.05) is 12.1 Å². The van der Waals surface area contributed by atoms with Gasteiger partial charge in [0.25, 0.3) is 0 Å². The number of halogens is 1. The summed E-state index contributed by atoms with van der Waals surface area (Å²) in [6.07, 6.45) is 2.25. The Labute approximate surface area is 123 Å². The Morgan fingerprint density at radius 1 is 1.19 bits per heavy atom. The minimum Gasteiger partial charge on any atom is -0.372 e. The highest BCUT2D eigenvalue weighted by atomic mass is 19.1. The summed E-state index contributed by atoms with van der Waals surface area (Å²) in [5, 5.41) is 1.94. The fourth-order valence-corrected chi connectivity index (χ4v) is 2.98. The molecule has 2 fully saturated rings. The van der Waals surface area contributed by atoms with Gasteiger partial charge in [0.05, 0.1) is 12.7 Å². The van der Waals surface area contributed by atoms with E-state index in [4.69, 9.17) is 4.74 Å². The molecule has 1 aromatic carbocycles. The predicted octanol–water partition coefficient (Wildman–Crippen LogP) is 1.89. The summed E-state index contributed by atoms with van der Waals surface area (Å²) in [4.78, 5) is 9.17. The van der Waals surface area contributed by atoms with Crippen LogP contribution in [0, 0.1) is 5.82 Å². The molecular formula is C16H18FN3O. The maximum atomic E-state index is 13.5. The van der Waals surface area contributed by atoms with Crippen LogP contribution >= 0.6 is 0 Å². The molecule has 2 saturated heterocycles. The van der Waals surface area contributed by atoms with Gasteiger partial charge in [-0.05, 0) is 23.6 Å². The smallest absolute Gasteiger partial charge is 0.136 e. The summed E-state index contributed by atoms with van der Waals surface area (Å²) in [5.74, 6) is 0.690. The van der Waals surface area contributed by atoms with Crippen molar-refractivity contribution >= 4 is 16.6 Å². The second kappa shape index (κ2) is 5.24. The Balaban J connectivity index is 1.55. The van der Waals surface area contributed by atoms with Crippen LogP contribution in [0.1, 0.15) is 0 Å². The van der Waals surface area contributed by atoms with Gasteiger partial charge in [-0.1, -0.05) is 6.07 Å². The first kappa shape index (κ1) is 13.0. The third-order valence-corrected chi connectivity index (χ3v) is 4.24. The molecule has 0 spiro atoms. The van der Waals surface area contributed by atoms with E-state index in [0.29, 0.717) is 6.10 Å². The van der Waals surface area contributed by atoms with E-state index in [-0.39, 0.29) is 5.82 Å². The standard InChI is InChI=1S/C16H18FN3O/c17-13-2-1-12-3-4-18-16(15(12)9-13)20-7-5-19(6-8-20)10-14-11-21-14/h1-4,9,14H,5-8,10-11H2/t14-/m1/s1. The topological polar surface area (TPSA) is 31.9 Å². The first-order valence-corrected chi connectivity index (χ1v) is 7.43. The summed E-state index contributed by atoms with van der Waals surface area (Å²) in [6.45, 7) is 5.81. The number of fused-ring (bicyclic) bond motifs is 1. The van der Waals surface area contributed by atoms with Crippen LogP contribution in [0.15, 0.2) is 30.5 Å². The summed E-state index contributed by atoms with van der Waals surface area (Å²) in [5.41, 5.74) is 0. The third-order valence-electron chi connectivity index (χ3n) is 4.24. The minimum absolute atomic E-state index is 0.207. The monoisotopic (exact) mass is 287 g/mol. The van der Waals surface area contributed by atoms with E-state index in [0.717, 1.165) is 55.9 Å². The zero-order chi connectivity index (χ0) is 14.2. The van der Waals surface area contributed by atoms with Gasteiger partial charge in [0, 0.05) is 44.3 Å². The Kier molecular flexibility index (Phi) is 3.24. The number of epoxide rings is 1. The van der Waals surface area contributed by atoms with Crippen molar-refractivity contribution in [3.8, 4) is 0 Å². The van der Waals surface area contributed by atoms with Gasteiger partial charge in [-0.2, -0.15) is 0 Å². The molecule has 4 nitrogen and oxygen atoms in total. The van der Waals surface area contributed by atoms with Crippen molar-refractivity contribution in [3.05, 3.63) is 36.3 Å². The molecule has 21 heavy (non-hydrogen) atoms. The molecule has 4 rings (SSSR count). The molecule has 1 atom stereocenters. The SMILES string of the molecule is Fc1ccc2ccnc(N3CCN(C[C@@H]4CO4)CC3)c2c1. The zero-order valence-corrected chi connectivity index (χ0v) is 11.8. The molecule has 1 aromatic heterocycles. The van der Waals surface area contributed by atoms with Crippen LogP contribution < -0.4 is 4.90 Å². The number of aromatic nitrogens is 1. The lowest BCUT2D eigenvalue weighted by atomic mass is 10.1. The van der Waals surface area contributed by atoms with Crippen molar-refractivity contribution in [2.75, 3.05) is 44.2 Å². The van der Waals surface area contributed by atoms with Gasteiger partial charge < -0.3 is 9.64 Å². The molecule has 110 valence electrons. The highest BCUT2D eigenvalue weighted by molar-refractivity contribution is 5.92. The van der Waals surface area contributed by atoms with Crippen molar-refractivity contribution in [2.45, 2.75) is 6.10 Å². The highest BCUT2D eigenvalue weighted by Gasteiger charge is 2.28. The Morgan fingerprint density at radius 2 is 2.00 bits per heavy atom. The van der Waals surface area contributed by atoms with Crippen LogP contribution in [0.5, 0.6) is 0 Å². The van der Waals surface area contributed by atoms with Crippen LogP contribution in [-0.4, -0.2) is 55.3 Å². The molecule has 0 aliphatic carbocycles. The lowest BCUT2D eigenvalue weighted by Crippen LogP contribution is -2.47. The second-order valence-electron chi connectivity index (χ2n) is 5.74. The molecular weight excluding hydrogens is 269 g/mol. The number of hydrogen-bond acceptors (Lipinski definition) is 4. The van der Waals surface area contributed by atoms with Gasteiger partial charge in [-0.3, -0.25) is 4.90 Å². The molecule has 0 radical (unpaired) electrons. The van der Waals surface area contributed by atoms with Crippen molar-refractivity contribution < 1.29 is 9.13 Å². The number of ether oxygens (including phenoxy) is 1. The Morgan fingerprint density at radius 3 is 2.76 bits per heavy atom. The van der Waals surface area contributed by atoms with Crippen molar-refractivity contribution in [3.63, 3.8) is 0 Å². The molecule has 0 saturated carbocycles. The molecule has 0 bridgehead atoms. The fraction of sp³-hybridized carbons (Fsp3) is 0.438. The maximum Gasteiger partial charge on any atom is 0.136 e. The summed E-state index contributed by atoms with van der Waals surface area (Å²) < 4.78 is 18.8. The zero-order valence-electron chi connectivity index (χ0n) is 11.8. The van der Waals surface area contributed by atoms with Gasteiger partial charge in [0.15, 0.2) is 0 Å². The second-order valence-corrected chi connectivity index (χ2v) is 5.74. The summed E-state index contributed by atoms with van der Waals surface area (Å²) >= 11 is 0. The quantitative estimate of drug-likeness (QED) is 0.807. The van der Waals surface area contributed by atoms with Gasteiger partial charge in [0.2, 0.25) is 0 Å². The Hall–Kier alpha value is -1.72. The van der Waals surface area contributed by atoms with Crippen molar-refractivity contribution in [1.82, 2.24) is 9.88 Å². The first-order chi connectivity index (χ1) is 10.3. The van der Waals surface area contributed by atoms with Gasteiger partial charge in [-0.25, -0.2) is 9.37 Å². The lowest BCUT2D eigenvalue weighted by Gasteiger charge is -2.35. The lowest BCUT2D eigenvalue weighted by molar-refractivity contribution is 0.230. The molecule has 3 heterocycles. The predicted molar refractivity (Wildman–Crippen MR) is 80.1 cm³/mol. The van der Waals surface area contributed by atoms with Crippen molar-refractivity contribution in [1.29, 1.82) is 0 Å². The van der Waals surface area contributed by atoms with Crippen molar-refractivity contribution in [2.24, 2.45) is 0 Å². The molecule has 5 heteroatoms. The minimum atomic E-state index is -0.207. The van der Waals surface area contributed by atoms with Crippen LogP contribution in [0.4, 0.5) is 10.2 Å². The van der Waals surface area contributed by atoms with Crippen LogP contribution in [0.25, 0.3) is 10.8 Å². The van der Waals surface area contributed by atoms with E-state index < -0.39 is 0 Å². The average Bonchev–Trinajstić information content (AvgIpc) is 3.31. The fourth-order valence-electron chi connectivity index (χ4n) is 2.98. The van der Waals surface area contributed by atoms with Gasteiger partial charge >= 0.3 is 0 Å². The van der Waals surface area contributed by atoms with E-state index in [9.17, 15) is 4.39 Å². The largest absolute Gasteiger partial charge is 0.372 e. The number of benzene rings is 1. The molecule has 0 unspecified atom stereocenters. The van der Waals surface area contributed by atoms with Crippen LogP contribution in [0.2, 0.25) is 0 Å². The van der Waals surface area contributed by atoms with E-state index in [2.05, 4.69) is 14.8 Å². The molecule has 2 aliphatic rings. The number of hydrogen-bond donors (Lipinski definition) is 0. The number of rotatable bonds is 3. The summed E-state index contributed by atoms with van der Waals surface area (Å²) in [6, 6.07) is 6.83. The van der Waals surface area contributed by atoms with E-state index in [1.165, 1.54) is 6.07 Å². The van der Waals surface area contributed by atoms with Gasteiger partial charge in [-0.15, -0.1) is 0 Å². The first-order valence-electron chi connectivity index (χ1n) is 7.43. The highest BCUT2D eigenvalue weighted by Crippen LogP contribution is 2.26. The van der Waals surface area contributed by atoms with Crippen LogP contribution in [0.3, 0.4) is 0 Å². The Bertz CT molecular complexity index is 651. The average molecular weight is 287 g/mol.